The molecule has 142 valence electrons. The molecule has 1 unspecified atom stereocenters. The van der Waals surface area contributed by atoms with Crippen molar-refractivity contribution in [3.63, 3.8) is 0 Å². The van der Waals surface area contributed by atoms with Crippen molar-refractivity contribution in [1.82, 2.24) is 15.6 Å². The Morgan fingerprint density at radius 3 is 2.78 bits per heavy atom. The van der Waals surface area contributed by atoms with Gasteiger partial charge in [0.05, 0.1) is 18.8 Å². The molecular weight excluding hydrogens is 342 g/mol. The Labute approximate surface area is 159 Å². The highest BCUT2D eigenvalue weighted by molar-refractivity contribution is 6.09. The normalized spacial score (nSPS) is 12.3. The molecule has 0 spiro atoms. The second kappa shape index (κ2) is 10.1. The highest BCUT2D eigenvalue weighted by atomic mass is 16.5. The number of benzene rings is 1. The van der Waals surface area contributed by atoms with Crippen molar-refractivity contribution >= 4 is 23.5 Å². The molecule has 1 atom stereocenters. The van der Waals surface area contributed by atoms with Crippen LogP contribution in [0, 0.1) is 5.41 Å². The molecule has 1 heterocycles. The van der Waals surface area contributed by atoms with Gasteiger partial charge < -0.3 is 26.5 Å². The number of nitrogens with one attached hydrogen (secondary N) is 3. The molecule has 2 rings (SSSR count). The molecular formula is C20H25N5O2. The SMILES string of the molecule is CN/C=C(\C=N)c1cnc(N)c(C(=O)NC(C)COCc2ccccc2)c1. The molecule has 5 N–H and O–H groups in total. The fraction of sp³-hybridized carbons (Fsp3) is 0.250. The Morgan fingerprint density at radius 1 is 1.37 bits per heavy atom. The lowest BCUT2D eigenvalue weighted by atomic mass is 10.1. The quantitative estimate of drug-likeness (QED) is 0.508. The summed E-state index contributed by atoms with van der Waals surface area (Å²) in [7, 11) is 1.74. The summed E-state index contributed by atoms with van der Waals surface area (Å²) in [6, 6.07) is 11.3. The van der Waals surface area contributed by atoms with Crippen LogP contribution < -0.4 is 16.4 Å². The number of aromatic nitrogens is 1. The number of hydrogen-bond acceptors (Lipinski definition) is 6. The highest BCUT2D eigenvalue weighted by Gasteiger charge is 2.15. The predicted molar refractivity (Wildman–Crippen MR) is 107 cm³/mol. The molecule has 2 aromatic rings. The zero-order valence-corrected chi connectivity index (χ0v) is 15.5. The number of carbonyl (C=O) groups is 1. The average molecular weight is 367 g/mol. The molecule has 0 aliphatic rings. The Balaban J connectivity index is 1.98. The van der Waals surface area contributed by atoms with E-state index in [1.54, 1.807) is 19.3 Å². The van der Waals surface area contributed by atoms with Gasteiger partial charge in [-0.05, 0) is 18.6 Å². The van der Waals surface area contributed by atoms with Crippen LogP contribution in [-0.4, -0.2) is 36.8 Å². The van der Waals surface area contributed by atoms with E-state index in [9.17, 15) is 4.79 Å². The lowest BCUT2D eigenvalue weighted by Crippen LogP contribution is -2.36. The van der Waals surface area contributed by atoms with E-state index in [0.717, 1.165) is 5.56 Å². The first kappa shape index (κ1) is 20.1. The van der Waals surface area contributed by atoms with Gasteiger partial charge >= 0.3 is 0 Å². The van der Waals surface area contributed by atoms with Crippen molar-refractivity contribution in [2.75, 3.05) is 19.4 Å². The summed E-state index contributed by atoms with van der Waals surface area (Å²) < 4.78 is 5.65. The number of nitrogens with zero attached hydrogens (tertiary/aromatic N) is 1. The molecule has 1 aromatic carbocycles. The largest absolute Gasteiger partial charge is 0.393 e. The zero-order valence-electron chi connectivity index (χ0n) is 15.5. The summed E-state index contributed by atoms with van der Waals surface area (Å²) in [6.45, 7) is 2.72. The minimum atomic E-state index is -0.327. The summed E-state index contributed by atoms with van der Waals surface area (Å²) in [5, 5.41) is 13.2. The molecule has 1 aromatic heterocycles. The van der Waals surface area contributed by atoms with Crippen LogP contribution in [0.1, 0.15) is 28.4 Å². The van der Waals surface area contributed by atoms with Gasteiger partial charge in [0.15, 0.2) is 0 Å². The van der Waals surface area contributed by atoms with E-state index in [-0.39, 0.29) is 23.3 Å². The predicted octanol–water partition coefficient (Wildman–Crippen LogP) is 2.21. The molecule has 0 aliphatic heterocycles. The summed E-state index contributed by atoms with van der Waals surface area (Å²) in [4.78, 5) is 16.6. The third-order valence-corrected chi connectivity index (χ3v) is 3.81. The molecule has 0 saturated heterocycles. The van der Waals surface area contributed by atoms with Crippen molar-refractivity contribution in [1.29, 1.82) is 5.41 Å². The van der Waals surface area contributed by atoms with Gasteiger partial charge in [0.2, 0.25) is 0 Å². The molecule has 27 heavy (non-hydrogen) atoms. The van der Waals surface area contributed by atoms with Gasteiger partial charge in [-0.25, -0.2) is 4.98 Å². The Kier molecular flexibility index (Phi) is 7.51. The second-order valence-corrected chi connectivity index (χ2v) is 6.06. The van der Waals surface area contributed by atoms with Crippen molar-refractivity contribution in [2.45, 2.75) is 19.6 Å². The lowest BCUT2D eigenvalue weighted by molar-refractivity contribution is 0.0821. The third-order valence-electron chi connectivity index (χ3n) is 3.81. The number of nitrogen functional groups attached to an aromatic ring is 1. The van der Waals surface area contributed by atoms with Gasteiger partial charge in [0, 0.05) is 42.8 Å². The summed E-state index contributed by atoms with van der Waals surface area (Å²) in [5.74, 6) is -0.186. The van der Waals surface area contributed by atoms with Gasteiger partial charge in [0.25, 0.3) is 5.91 Å². The first-order valence-electron chi connectivity index (χ1n) is 8.61. The Morgan fingerprint density at radius 2 is 2.11 bits per heavy atom. The number of amides is 1. The first-order valence-corrected chi connectivity index (χ1v) is 8.61. The molecule has 0 saturated carbocycles. The number of pyridine rings is 1. The molecule has 0 bridgehead atoms. The second-order valence-electron chi connectivity index (χ2n) is 6.06. The van der Waals surface area contributed by atoms with Gasteiger partial charge in [-0.1, -0.05) is 30.3 Å². The molecule has 0 fully saturated rings. The maximum Gasteiger partial charge on any atom is 0.255 e. The fourth-order valence-corrected chi connectivity index (χ4v) is 2.45. The molecule has 0 aliphatic carbocycles. The maximum atomic E-state index is 12.6. The highest BCUT2D eigenvalue weighted by Crippen LogP contribution is 2.17. The van der Waals surface area contributed by atoms with Crippen molar-refractivity contribution in [2.24, 2.45) is 0 Å². The van der Waals surface area contributed by atoms with E-state index >= 15 is 0 Å². The minimum Gasteiger partial charge on any atom is -0.393 e. The van der Waals surface area contributed by atoms with Crippen LogP contribution in [0.3, 0.4) is 0 Å². The summed E-state index contributed by atoms with van der Waals surface area (Å²) in [6.07, 6.45) is 4.38. The lowest BCUT2D eigenvalue weighted by Gasteiger charge is -2.15. The van der Waals surface area contributed by atoms with Gasteiger partial charge in [-0.2, -0.15) is 0 Å². The average Bonchev–Trinajstić information content (AvgIpc) is 2.67. The van der Waals surface area contributed by atoms with E-state index < -0.39 is 0 Å². The number of carbonyl (C=O) groups excluding carboxylic acids is 1. The Hall–Kier alpha value is -3.19. The van der Waals surface area contributed by atoms with Crippen LogP contribution in [0.15, 0.2) is 48.8 Å². The van der Waals surface area contributed by atoms with E-state index in [4.69, 9.17) is 15.9 Å². The van der Waals surface area contributed by atoms with Gasteiger partial charge in [-0.3, -0.25) is 4.79 Å². The van der Waals surface area contributed by atoms with E-state index in [2.05, 4.69) is 15.6 Å². The number of nitrogens with two attached hydrogens (primary N) is 1. The van der Waals surface area contributed by atoms with Gasteiger partial charge in [-0.15, -0.1) is 0 Å². The molecule has 7 heteroatoms. The van der Waals surface area contributed by atoms with E-state index in [1.165, 1.54) is 12.4 Å². The maximum absolute atomic E-state index is 12.6. The summed E-state index contributed by atoms with van der Waals surface area (Å²) >= 11 is 0. The zero-order chi connectivity index (χ0) is 19.6. The molecule has 1 amide bonds. The molecule has 7 nitrogen and oxygen atoms in total. The number of hydrogen-bond donors (Lipinski definition) is 4. The number of allylic oxidation sites excluding steroid dienone is 1. The van der Waals surface area contributed by atoms with Crippen molar-refractivity contribution in [3.05, 3.63) is 65.5 Å². The van der Waals surface area contributed by atoms with Gasteiger partial charge in [0.1, 0.15) is 5.82 Å². The van der Waals surface area contributed by atoms with Crippen molar-refractivity contribution in [3.8, 4) is 0 Å². The number of rotatable bonds is 9. The van der Waals surface area contributed by atoms with Crippen LogP contribution >= 0.6 is 0 Å². The Bertz CT molecular complexity index is 805. The van der Waals surface area contributed by atoms with Crippen LogP contribution in [0.2, 0.25) is 0 Å². The third kappa shape index (κ3) is 5.93. The van der Waals surface area contributed by atoms with E-state index in [1.807, 2.05) is 37.3 Å². The smallest absolute Gasteiger partial charge is 0.255 e. The van der Waals surface area contributed by atoms with Crippen LogP contribution in [0.25, 0.3) is 5.57 Å². The first-order chi connectivity index (χ1) is 13.0. The topological polar surface area (TPSA) is 113 Å². The van der Waals surface area contributed by atoms with Crippen LogP contribution in [0.5, 0.6) is 0 Å². The van der Waals surface area contributed by atoms with Crippen molar-refractivity contribution < 1.29 is 9.53 Å². The molecule has 0 radical (unpaired) electrons. The van der Waals surface area contributed by atoms with Crippen LogP contribution in [0.4, 0.5) is 5.82 Å². The standard InChI is InChI=1S/C20H25N5O2/c1-14(12-27-13-15-6-4-3-5-7-15)25-20(26)18-8-16(11-24-19(18)22)17(9-21)10-23-2/h3-11,14,21,23H,12-13H2,1-2H3,(H2,22,24)(H,25,26)/b17-10+,21-9?. The number of ether oxygens (including phenoxy) is 1. The van der Waals surface area contributed by atoms with Crippen LogP contribution in [-0.2, 0) is 11.3 Å². The monoisotopic (exact) mass is 367 g/mol. The number of anilines is 1. The summed E-state index contributed by atoms with van der Waals surface area (Å²) in [5.41, 5.74) is 8.44. The fourth-order valence-electron chi connectivity index (χ4n) is 2.45. The minimum absolute atomic E-state index is 0.141. The van der Waals surface area contributed by atoms with E-state index in [0.29, 0.717) is 24.4 Å².